The molecule has 1 aromatic heterocycles. The molecule has 1 heterocycles. The van der Waals surface area contributed by atoms with E-state index in [4.69, 9.17) is 21.9 Å². The average molecular weight is 334 g/mol. The van der Waals surface area contributed by atoms with Gasteiger partial charge >= 0.3 is 0 Å². The van der Waals surface area contributed by atoms with Crippen LogP contribution in [0.3, 0.4) is 0 Å². The lowest BCUT2D eigenvalue weighted by atomic mass is 10.0. The Morgan fingerprint density at radius 1 is 1.44 bits per heavy atom. The molecule has 1 unspecified atom stereocenters. The summed E-state index contributed by atoms with van der Waals surface area (Å²) < 4.78 is 19.1. The smallest absolute Gasteiger partial charge is 0.173 e. The molecule has 0 fully saturated rings. The maximum Gasteiger partial charge on any atom is 0.173 e. The van der Waals surface area contributed by atoms with Gasteiger partial charge in [-0.05, 0) is 40.0 Å². The quantitative estimate of drug-likeness (QED) is 0.664. The average Bonchev–Trinajstić information content (AvgIpc) is 2.77. The topological polar surface area (TPSA) is 51.2 Å². The first kappa shape index (κ1) is 13.5. The number of hydrogen-bond donors (Lipinski definition) is 2. The number of halogens is 3. The predicted octanol–water partition coefficient (Wildman–Crippen LogP) is 3.58. The van der Waals surface area contributed by atoms with Crippen LogP contribution in [0.1, 0.15) is 17.2 Å². The molecule has 1 atom stereocenters. The van der Waals surface area contributed by atoms with Crippen molar-refractivity contribution >= 4 is 27.5 Å². The lowest BCUT2D eigenvalue weighted by Gasteiger charge is -2.15. The summed E-state index contributed by atoms with van der Waals surface area (Å²) in [7, 11) is 0. The van der Waals surface area contributed by atoms with E-state index in [0.29, 0.717) is 16.7 Å². The third-order valence-electron chi connectivity index (χ3n) is 2.68. The molecule has 3 N–H and O–H groups in total. The van der Waals surface area contributed by atoms with Crippen molar-refractivity contribution in [2.24, 2.45) is 5.84 Å². The normalized spacial score (nSPS) is 12.7. The minimum atomic E-state index is -0.434. The first-order chi connectivity index (χ1) is 8.63. The Labute approximate surface area is 117 Å². The number of nitrogens with two attached hydrogens (primary N) is 1. The van der Waals surface area contributed by atoms with Crippen molar-refractivity contribution in [3.63, 3.8) is 0 Å². The van der Waals surface area contributed by atoms with Gasteiger partial charge in [0.25, 0.3) is 0 Å². The van der Waals surface area contributed by atoms with Gasteiger partial charge in [0.2, 0.25) is 0 Å². The van der Waals surface area contributed by atoms with Crippen LogP contribution >= 0.6 is 27.5 Å². The second-order valence-electron chi connectivity index (χ2n) is 3.79. The molecule has 2 aromatic rings. The zero-order valence-electron chi connectivity index (χ0n) is 9.29. The zero-order chi connectivity index (χ0) is 13.1. The highest BCUT2D eigenvalue weighted by atomic mass is 79.9. The standard InChI is InChI=1S/C12H11BrClFN2O/c13-12-8(4-5-18-12)10(17-16)6-7-2-1-3-9(15)11(7)14/h1-5,10,17H,6,16H2. The molecule has 18 heavy (non-hydrogen) atoms. The Balaban J connectivity index is 2.26. The van der Waals surface area contributed by atoms with Gasteiger partial charge in [0, 0.05) is 5.56 Å². The van der Waals surface area contributed by atoms with Crippen LogP contribution < -0.4 is 11.3 Å². The fraction of sp³-hybridized carbons (Fsp3) is 0.167. The molecular formula is C12H11BrClFN2O. The van der Waals surface area contributed by atoms with Gasteiger partial charge in [-0.1, -0.05) is 23.7 Å². The molecule has 96 valence electrons. The summed E-state index contributed by atoms with van der Waals surface area (Å²) in [5.41, 5.74) is 4.22. The van der Waals surface area contributed by atoms with Gasteiger partial charge in [0.1, 0.15) is 5.82 Å². The lowest BCUT2D eigenvalue weighted by molar-refractivity contribution is 0.506. The van der Waals surface area contributed by atoms with Crippen LogP contribution in [0.5, 0.6) is 0 Å². The van der Waals surface area contributed by atoms with E-state index < -0.39 is 5.82 Å². The van der Waals surface area contributed by atoms with E-state index in [1.54, 1.807) is 24.5 Å². The van der Waals surface area contributed by atoms with Gasteiger partial charge in [0.05, 0.1) is 17.3 Å². The van der Waals surface area contributed by atoms with Gasteiger partial charge < -0.3 is 4.42 Å². The monoisotopic (exact) mass is 332 g/mol. The fourth-order valence-corrected chi connectivity index (χ4v) is 2.46. The van der Waals surface area contributed by atoms with Crippen molar-refractivity contribution in [2.45, 2.75) is 12.5 Å². The van der Waals surface area contributed by atoms with E-state index in [2.05, 4.69) is 21.4 Å². The minimum Gasteiger partial charge on any atom is -0.457 e. The summed E-state index contributed by atoms with van der Waals surface area (Å²) in [6.07, 6.45) is 2.02. The molecule has 0 aliphatic heterocycles. The third-order valence-corrected chi connectivity index (χ3v) is 3.75. The Kier molecular flexibility index (Phi) is 4.40. The van der Waals surface area contributed by atoms with E-state index in [-0.39, 0.29) is 11.1 Å². The summed E-state index contributed by atoms with van der Waals surface area (Å²) in [5.74, 6) is 5.09. The number of hydrogen-bond acceptors (Lipinski definition) is 3. The molecule has 0 saturated carbocycles. The van der Waals surface area contributed by atoms with Crippen LogP contribution in [0.2, 0.25) is 5.02 Å². The Bertz CT molecular complexity index is 547. The Morgan fingerprint density at radius 3 is 2.83 bits per heavy atom. The van der Waals surface area contributed by atoms with E-state index in [9.17, 15) is 4.39 Å². The fourth-order valence-electron chi connectivity index (χ4n) is 1.74. The highest BCUT2D eigenvalue weighted by Crippen LogP contribution is 2.29. The van der Waals surface area contributed by atoms with Gasteiger partial charge in [-0.2, -0.15) is 0 Å². The molecule has 1 aromatic carbocycles. The van der Waals surface area contributed by atoms with Crippen LogP contribution in [0.4, 0.5) is 4.39 Å². The van der Waals surface area contributed by atoms with Gasteiger partial charge in [0.15, 0.2) is 4.67 Å². The van der Waals surface area contributed by atoms with Crippen LogP contribution in [-0.4, -0.2) is 0 Å². The molecular weight excluding hydrogens is 322 g/mol. The Hall–Kier alpha value is -0.880. The third kappa shape index (κ3) is 2.75. The second kappa shape index (κ2) is 5.84. The molecule has 0 radical (unpaired) electrons. The van der Waals surface area contributed by atoms with Crippen molar-refractivity contribution in [1.29, 1.82) is 0 Å². The van der Waals surface area contributed by atoms with Crippen molar-refractivity contribution in [2.75, 3.05) is 0 Å². The summed E-state index contributed by atoms with van der Waals surface area (Å²) in [4.78, 5) is 0. The maximum atomic E-state index is 13.3. The zero-order valence-corrected chi connectivity index (χ0v) is 11.6. The summed E-state index contributed by atoms with van der Waals surface area (Å²) >= 11 is 9.20. The first-order valence-electron chi connectivity index (χ1n) is 5.25. The summed E-state index contributed by atoms with van der Waals surface area (Å²) in [6.45, 7) is 0. The minimum absolute atomic E-state index is 0.123. The molecule has 0 aliphatic carbocycles. The maximum absolute atomic E-state index is 13.3. The second-order valence-corrected chi connectivity index (χ2v) is 4.88. The van der Waals surface area contributed by atoms with Crippen LogP contribution in [0, 0.1) is 5.82 Å². The first-order valence-corrected chi connectivity index (χ1v) is 6.42. The van der Waals surface area contributed by atoms with Crippen molar-refractivity contribution < 1.29 is 8.81 Å². The van der Waals surface area contributed by atoms with Gasteiger partial charge in [-0.15, -0.1) is 0 Å². The Morgan fingerprint density at radius 2 is 2.22 bits per heavy atom. The highest BCUT2D eigenvalue weighted by Gasteiger charge is 2.18. The van der Waals surface area contributed by atoms with E-state index in [0.717, 1.165) is 5.56 Å². The van der Waals surface area contributed by atoms with Crippen molar-refractivity contribution in [1.82, 2.24) is 5.43 Å². The van der Waals surface area contributed by atoms with E-state index in [1.165, 1.54) is 6.07 Å². The van der Waals surface area contributed by atoms with Gasteiger partial charge in [-0.25, -0.2) is 4.39 Å². The summed E-state index contributed by atoms with van der Waals surface area (Å²) in [5, 5.41) is 0.123. The highest BCUT2D eigenvalue weighted by molar-refractivity contribution is 9.10. The van der Waals surface area contributed by atoms with Crippen LogP contribution in [0.15, 0.2) is 39.6 Å². The summed E-state index contributed by atoms with van der Waals surface area (Å²) in [6, 6.07) is 6.29. The van der Waals surface area contributed by atoms with Crippen LogP contribution in [-0.2, 0) is 6.42 Å². The number of hydrazine groups is 1. The van der Waals surface area contributed by atoms with Gasteiger partial charge in [-0.3, -0.25) is 11.3 Å². The molecule has 0 bridgehead atoms. The van der Waals surface area contributed by atoms with E-state index >= 15 is 0 Å². The number of benzene rings is 1. The van der Waals surface area contributed by atoms with Crippen molar-refractivity contribution in [3.05, 3.63) is 57.2 Å². The predicted molar refractivity (Wildman–Crippen MR) is 71.6 cm³/mol. The number of nitrogens with one attached hydrogen (secondary N) is 1. The number of furan rings is 1. The molecule has 0 saturated heterocycles. The van der Waals surface area contributed by atoms with Crippen LogP contribution in [0.25, 0.3) is 0 Å². The molecule has 2 rings (SSSR count). The van der Waals surface area contributed by atoms with Crippen molar-refractivity contribution in [3.8, 4) is 0 Å². The molecule has 0 spiro atoms. The molecule has 6 heteroatoms. The van der Waals surface area contributed by atoms with E-state index in [1.807, 2.05) is 0 Å². The molecule has 0 amide bonds. The number of rotatable bonds is 4. The molecule has 3 nitrogen and oxygen atoms in total. The largest absolute Gasteiger partial charge is 0.457 e. The molecule has 0 aliphatic rings. The SMILES string of the molecule is NNC(Cc1cccc(F)c1Cl)c1ccoc1Br. The lowest BCUT2D eigenvalue weighted by Crippen LogP contribution is -2.29.